The van der Waals surface area contributed by atoms with Gasteiger partial charge in [0.05, 0.1) is 18.1 Å². The summed E-state index contributed by atoms with van der Waals surface area (Å²) < 4.78 is 1.75. The molecule has 4 heterocycles. The number of aryl methyl sites for hydroxylation is 2. The molecule has 2 amide bonds. The maximum absolute atomic E-state index is 13.0. The molecule has 0 bridgehead atoms. The van der Waals surface area contributed by atoms with Crippen LogP contribution in [0.5, 0.6) is 0 Å². The molecule has 0 spiro atoms. The summed E-state index contributed by atoms with van der Waals surface area (Å²) in [5.74, 6) is 1.26. The quantitative estimate of drug-likeness (QED) is 0.491. The summed E-state index contributed by atoms with van der Waals surface area (Å²) in [7, 11) is 1.87. The maximum atomic E-state index is 13.0. The van der Waals surface area contributed by atoms with Gasteiger partial charge < -0.3 is 14.7 Å². The van der Waals surface area contributed by atoms with Crippen molar-refractivity contribution in [2.24, 2.45) is 7.05 Å². The van der Waals surface area contributed by atoms with Gasteiger partial charge in [-0.1, -0.05) is 30.3 Å². The van der Waals surface area contributed by atoms with Gasteiger partial charge >= 0.3 is 0 Å². The number of nitrogens with zero attached hydrogens (tertiary/aromatic N) is 8. The zero-order valence-electron chi connectivity index (χ0n) is 20.9. The van der Waals surface area contributed by atoms with Crippen LogP contribution in [-0.2, 0) is 23.1 Å². The molecular weight excluding hydrogens is 456 g/mol. The van der Waals surface area contributed by atoms with Crippen molar-refractivity contribution in [3.63, 3.8) is 0 Å². The van der Waals surface area contributed by atoms with Crippen LogP contribution in [0.2, 0.25) is 0 Å². The molecule has 0 N–H and O–H groups in total. The molecule has 2 aromatic heterocycles. The molecule has 0 saturated carbocycles. The third-order valence-corrected chi connectivity index (χ3v) is 7.22. The summed E-state index contributed by atoms with van der Waals surface area (Å²) >= 11 is 0. The molecule has 0 unspecified atom stereocenters. The number of piperazine rings is 2. The first-order valence-corrected chi connectivity index (χ1v) is 12.8. The van der Waals surface area contributed by atoms with E-state index in [0.29, 0.717) is 39.1 Å². The average Bonchev–Trinajstić information content (AvgIpc) is 3.30. The first kappa shape index (κ1) is 24.2. The van der Waals surface area contributed by atoms with Gasteiger partial charge in [-0.05, 0) is 18.4 Å². The number of carbonyl (C=O) groups is 2. The Morgan fingerprint density at radius 2 is 1.56 bits per heavy atom. The number of benzene rings is 1. The van der Waals surface area contributed by atoms with Crippen molar-refractivity contribution in [2.75, 3.05) is 63.8 Å². The molecule has 2 aliphatic rings. The zero-order valence-corrected chi connectivity index (χ0v) is 20.9. The molecule has 1 aromatic carbocycles. The molecule has 0 aliphatic carbocycles. The van der Waals surface area contributed by atoms with Crippen molar-refractivity contribution in [1.82, 2.24) is 34.4 Å². The summed E-state index contributed by atoms with van der Waals surface area (Å²) in [6, 6.07) is 10.3. The monoisotopic (exact) mass is 490 g/mol. The van der Waals surface area contributed by atoms with Crippen LogP contribution in [0, 0.1) is 0 Å². The minimum atomic E-state index is 0.159. The van der Waals surface area contributed by atoms with Crippen LogP contribution in [-0.4, -0.2) is 105 Å². The molecule has 2 saturated heterocycles. The molecule has 0 radical (unpaired) electrons. The van der Waals surface area contributed by atoms with E-state index in [4.69, 9.17) is 0 Å². The second-order valence-corrected chi connectivity index (χ2v) is 9.57. The van der Waals surface area contributed by atoms with Gasteiger partial charge in [-0.25, -0.2) is 9.97 Å². The van der Waals surface area contributed by atoms with Crippen molar-refractivity contribution in [2.45, 2.75) is 19.3 Å². The topological polar surface area (TPSA) is 90.7 Å². The van der Waals surface area contributed by atoms with E-state index in [1.165, 1.54) is 5.56 Å². The molecular formula is C26H34N8O2. The van der Waals surface area contributed by atoms with Crippen molar-refractivity contribution in [1.29, 1.82) is 0 Å². The van der Waals surface area contributed by atoms with E-state index in [9.17, 15) is 9.59 Å². The van der Waals surface area contributed by atoms with E-state index in [2.05, 4.69) is 37.0 Å². The molecule has 36 heavy (non-hydrogen) atoms. The third kappa shape index (κ3) is 5.48. The fraction of sp³-hybridized carbons (Fsp3) is 0.500. The molecule has 10 nitrogen and oxygen atoms in total. The van der Waals surface area contributed by atoms with Crippen LogP contribution in [0.1, 0.15) is 18.4 Å². The lowest BCUT2D eigenvalue weighted by molar-refractivity contribution is -0.135. The number of hydrogen-bond acceptors (Lipinski definition) is 7. The largest absolute Gasteiger partial charge is 0.352 e. The molecule has 2 fully saturated rings. The van der Waals surface area contributed by atoms with Crippen molar-refractivity contribution in [3.05, 3.63) is 48.4 Å². The SMILES string of the molecule is Cn1ncc2c(N3CCN(C(=O)CN4CCN(C(=O)CCCc5ccccc5)CC4)CC3)ncnc21. The smallest absolute Gasteiger partial charge is 0.236 e. The Kier molecular flexibility index (Phi) is 7.41. The van der Waals surface area contributed by atoms with Gasteiger partial charge in [0.2, 0.25) is 11.8 Å². The lowest BCUT2D eigenvalue weighted by Crippen LogP contribution is -2.54. The lowest BCUT2D eigenvalue weighted by Gasteiger charge is -2.38. The fourth-order valence-electron chi connectivity index (χ4n) is 5.06. The summed E-state index contributed by atoms with van der Waals surface area (Å²) in [5, 5.41) is 5.23. The van der Waals surface area contributed by atoms with Crippen molar-refractivity contribution in [3.8, 4) is 0 Å². The van der Waals surface area contributed by atoms with E-state index >= 15 is 0 Å². The standard InChI is InChI=1S/C26H34N8O2/c1-30-25-22(18-29-30)26(28-20-27-25)34-16-14-33(15-17-34)24(36)19-31-10-12-32(13-11-31)23(35)9-5-8-21-6-3-2-4-7-21/h2-4,6-7,18,20H,5,8-17,19H2,1H3. The summed E-state index contributed by atoms with van der Waals surface area (Å²) in [6.45, 7) is 6.10. The predicted molar refractivity (Wildman–Crippen MR) is 137 cm³/mol. The van der Waals surface area contributed by atoms with E-state index in [1.807, 2.05) is 35.0 Å². The maximum Gasteiger partial charge on any atom is 0.236 e. The Labute approximate surface area is 211 Å². The summed E-state index contributed by atoms with van der Waals surface area (Å²) in [6.07, 6.45) is 5.75. The Hall–Kier alpha value is -3.53. The first-order chi connectivity index (χ1) is 17.6. The minimum Gasteiger partial charge on any atom is -0.352 e. The number of hydrogen-bond donors (Lipinski definition) is 0. The number of carbonyl (C=O) groups excluding carboxylic acids is 2. The minimum absolute atomic E-state index is 0.159. The highest BCUT2D eigenvalue weighted by atomic mass is 16.2. The van der Waals surface area contributed by atoms with Gasteiger partial charge in [-0.15, -0.1) is 0 Å². The average molecular weight is 491 g/mol. The van der Waals surface area contributed by atoms with Gasteiger partial charge in [0, 0.05) is 65.8 Å². The van der Waals surface area contributed by atoms with Crippen molar-refractivity contribution < 1.29 is 9.59 Å². The molecule has 5 rings (SSSR count). The van der Waals surface area contributed by atoms with Gasteiger partial charge in [0.15, 0.2) is 5.65 Å². The first-order valence-electron chi connectivity index (χ1n) is 12.8. The van der Waals surface area contributed by atoms with Crippen LogP contribution in [0.4, 0.5) is 5.82 Å². The van der Waals surface area contributed by atoms with Crippen LogP contribution in [0.3, 0.4) is 0 Å². The Morgan fingerprint density at radius 3 is 2.31 bits per heavy atom. The molecule has 190 valence electrons. The van der Waals surface area contributed by atoms with Crippen molar-refractivity contribution >= 4 is 28.7 Å². The number of anilines is 1. The fourth-order valence-corrected chi connectivity index (χ4v) is 5.06. The third-order valence-electron chi connectivity index (χ3n) is 7.22. The second-order valence-electron chi connectivity index (χ2n) is 9.57. The Morgan fingerprint density at radius 1 is 0.861 bits per heavy atom. The zero-order chi connectivity index (χ0) is 24.9. The van der Waals surface area contributed by atoms with Gasteiger partial charge in [0.1, 0.15) is 12.1 Å². The Balaban J connectivity index is 1.03. The molecule has 2 aliphatic heterocycles. The van der Waals surface area contributed by atoms with E-state index in [-0.39, 0.29) is 11.8 Å². The lowest BCUT2D eigenvalue weighted by atomic mass is 10.1. The highest BCUT2D eigenvalue weighted by molar-refractivity contribution is 5.87. The van der Waals surface area contributed by atoms with E-state index in [0.717, 1.165) is 55.9 Å². The normalized spacial score (nSPS) is 17.1. The molecule has 0 atom stereocenters. The van der Waals surface area contributed by atoms with Gasteiger partial charge in [-0.2, -0.15) is 5.10 Å². The molecule has 10 heteroatoms. The summed E-state index contributed by atoms with van der Waals surface area (Å²) in [4.78, 5) is 42.6. The van der Waals surface area contributed by atoms with Crippen LogP contribution >= 0.6 is 0 Å². The van der Waals surface area contributed by atoms with Crippen LogP contribution in [0.25, 0.3) is 11.0 Å². The predicted octanol–water partition coefficient (Wildman–Crippen LogP) is 1.18. The summed E-state index contributed by atoms with van der Waals surface area (Å²) in [5.41, 5.74) is 2.09. The highest BCUT2D eigenvalue weighted by Gasteiger charge is 2.27. The van der Waals surface area contributed by atoms with E-state index < -0.39 is 0 Å². The molecule has 3 aromatic rings. The van der Waals surface area contributed by atoms with Crippen LogP contribution < -0.4 is 4.90 Å². The van der Waals surface area contributed by atoms with Gasteiger partial charge in [-0.3, -0.25) is 19.2 Å². The van der Waals surface area contributed by atoms with Gasteiger partial charge in [0.25, 0.3) is 0 Å². The van der Waals surface area contributed by atoms with E-state index in [1.54, 1.807) is 17.2 Å². The second kappa shape index (κ2) is 11.0. The number of rotatable bonds is 7. The number of amides is 2. The number of fused-ring (bicyclic) bond motifs is 1. The highest BCUT2D eigenvalue weighted by Crippen LogP contribution is 2.23. The van der Waals surface area contributed by atoms with Crippen LogP contribution in [0.15, 0.2) is 42.9 Å². The Bertz CT molecular complexity index is 1180. The number of aromatic nitrogens is 4.